The van der Waals surface area contributed by atoms with Crippen LogP contribution >= 0.6 is 0 Å². The molecule has 0 saturated carbocycles. The van der Waals surface area contributed by atoms with E-state index < -0.39 is 6.10 Å². The summed E-state index contributed by atoms with van der Waals surface area (Å²) in [5, 5.41) is 0. The average molecular weight is 909 g/mol. The molecule has 0 aliphatic rings. The van der Waals surface area contributed by atoms with Crippen LogP contribution in [0.5, 0.6) is 0 Å². The van der Waals surface area contributed by atoms with Gasteiger partial charge in [-0.25, -0.2) is 0 Å². The number of ether oxygens (including phenoxy) is 3. The summed E-state index contributed by atoms with van der Waals surface area (Å²) in [4.78, 5) is 37.9. The number of hydrogen-bond acceptors (Lipinski definition) is 6. The molecular formula is C59H104O6. The second-order valence-electron chi connectivity index (χ2n) is 18.5. The lowest BCUT2D eigenvalue weighted by Gasteiger charge is -2.18. The van der Waals surface area contributed by atoms with Crippen LogP contribution in [0, 0.1) is 0 Å². The van der Waals surface area contributed by atoms with Crippen LogP contribution in [-0.4, -0.2) is 37.2 Å². The Morgan fingerprint density at radius 3 is 0.938 bits per heavy atom. The Bertz CT molecular complexity index is 1180. The quantitative estimate of drug-likeness (QED) is 0.0262. The molecule has 0 rings (SSSR count). The molecule has 0 N–H and O–H groups in total. The molecule has 0 aliphatic carbocycles. The van der Waals surface area contributed by atoms with Crippen LogP contribution in [0.15, 0.2) is 60.8 Å². The zero-order chi connectivity index (χ0) is 47.2. The first-order valence-electron chi connectivity index (χ1n) is 27.8. The highest BCUT2D eigenvalue weighted by atomic mass is 16.6. The molecule has 0 heterocycles. The van der Waals surface area contributed by atoms with E-state index in [1.54, 1.807) is 0 Å². The fourth-order valence-corrected chi connectivity index (χ4v) is 7.88. The maximum atomic E-state index is 12.8. The Morgan fingerprint density at radius 1 is 0.323 bits per heavy atom. The highest BCUT2D eigenvalue weighted by Gasteiger charge is 2.19. The Balaban J connectivity index is 4.14. The van der Waals surface area contributed by atoms with Gasteiger partial charge in [0.2, 0.25) is 0 Å². The van der Waals surface area contributed by atoms with E-state index in [2.05, 4.69) is 81.5 Å². The maximum Gasteiger partial charge on any atom is 0.306 e. The summed E-state index contributed by atoms with van der Waals surface area (Å²) in [5.74, 6) is -0.869. The van der Waals surface area contributed by atoms with Crippen LogP contribution < -0.4 is 0 Å². The summed E-state index contributed by atoms with van der Waals surface area (Å²) in [6, 6.07) is 0. The second-order valence-corrected chi connectivity index (χ2v) is 18.5. The first-order valence-corrected chi connectivity index (χ1v) is 27.8. The molecule has 0 amide bonds. The third-order valence-electron chi connectivity index (χ3n) is 12.0. The van der Waals surface area contributed by atoms with Crippen LogP contribution in [0.2, 0.25) is 0 Å². The van der Waals surface area contributed by atoms with Crippen molar-refractivity contribution in [3.05, 3.63) is 60.8 Å². The van der Waals surface area contributed by atoms with Gasteiger partial charge in [0.15, 0.2) is 6.10 Å². The zero-order valence-electron chi connectivity index (χ0n) is 43.0. The molecule has 1 atom stereocenters. The molecule has 0 aromatic rings. The van der Waals surface area contributed by atoms with Crippen molar-refractivity contribution in [3.8, 4) is 0 Å². The van der Waals surface area contributed by atoms with Gasteiger partial charge in [-0.3, -0.25) is 14.4 Å². The Hall–Kier alpha value is -2.89. The van der Waals surface area contributed by atoms with E-state index in [0.717, 1.165) is 89.9 Å². The number of carbonyl (C=O) groups excluding carboxylic acids is 3. The van der Waals surface area contributed by atoms with Gasteiger partial charge in [-0.2, -0.15) is 0 Å². The van der Waals surface area contributed by atoms with E-state index in [-0.39, 0.29) is 31.1 Å². The normalized spacial score (nSPS) is 12.5. The van der Waals surface area contributed by atoms with E-state index in [1.165, 1.54) is 148 Å². The third kappa shape index (κ3) is 51.9. The van der Waals surface area contributed by atoms with Gasteiger partial charge in [-0.05, 0) is 64.2 Å². The minimum atomic E-state index is -0.768. The lowest BCUT2D eigenvalue weighted by Crippen LogP contribution is -2.30. The van der Waals surface area contributed by atoms with E-state index in [0.29, 0.717) is 19.3 Å². The van der Waals surface area contributed by atoms with E-state index >= 15 is 0 Å². The summed E-state index contributed by atoms with van der Waals surface area (Å²) >= 11 is 0. The first kappa shape index (κ1) is 62.1. The summed E-state index contributed by atoms with van der Waals surface area (Å²) in [6.07, 6.45) is 66.5. The average Bonchev–Trinajstić information content (AvgIpc) is 3.30. The largest absolute Gasteiger partial charge is 0.462 e. The molecule has 65 heavy (non-hydrogen) atoms. The smallest absolute Gasteiger partial charge is 0.306 e. The lowest BCUT2D eigenvalue weighted by atomic mass is 10.0. The molecule has 0 aromatic heterocycles. The number of unbranched alkanes of at least 4 members (excludes halogenated alkanes) is 29. The third-order valence-corrected chi connectivity index (χ3v) is 12.0. The summed E-state index contributed by atoms with van der Waals surface area (Å²) in [6.45, 7) is 6.51. The van der Waals surface area contributed by atoms with Crippen LogP contribution in [0.1, 0.15) is 278 Å². The van der Waals surface area contributed by atoms with E-state index in [4.69, 9.17) is 14.2 Å². The van der Waals surface area contributed by atoms with Crippen molar-refractivity contribution in [1.29, 1.82) is 0 Å². The van der Waals surface area contributed by atoms with Crippen LogP contribution in [0.25, 0.3) is 0 Å². The monoisotopic (exact) mass is 909 g/mol. The molecule has 376 valence electrons. The molecular weight excluding hydrogens is 805 g/mol. The van der Waals surface area contributed by atoms with Gasteiger partial charge in [0.25, 0.3) is 0 Å². The van der Waals surface area contributed by atoms with Crippen molar-refractivity contribution in [3.63, 3.8) is 0 Å². The number of allylic oxidation sites excluding steroid dienone is 10. The Kier molecular flexibility index (Phi) is 51.3. The molecule has 6 heteroatoms. The van der Waals surface area contributed by atoms with Crippen molar-refractivity contribution in [1.82, 2.24) is 0 Å². The second kappa shape index (κ2) is 53.7. The first-order chi connectivity index (χ1) is 32.0. The predicted octanol–water partition coefficient (Wildman–Crippen LogP) is 18.4. The molecule has 1 unspecified atom stereocenters. The van der Waals surface area contributed by atoms with Gasteiger partial charge in [0, 0.05) is 19.3 Å². The number of rotatable bonds is 50. The maximum absolute atomic E-state index is 12.8. The fraction of sp³-hybridized carbons (Fsp3) is 0.780. The SMILES string of the molecule is CC/C=C\C/C=C\C/C=C\C/C=C\C/C=C\CCCCCCCCCCCCCC(=O)OCC(COC(=O)CCCCCCCCCCC)OC(=O)CCCCCCCCCCCCC. The van der Waals surface area contributed by atoms with Gasteiger partial charge in [0.1, 0.15) is 13.2 Å². The van der Waals surface area contributed by atoms with Crippen LogP contribution in [0.3, 0.4) is 0 Å². The molecule has 0 bridgehead atoms. The van der Waals surface area contributed by atoms with Gasteiger partial charge in [-0.15, -0.1) is 0 Å². The highest BCUT2D eigenvalue weighted by molar-refractivity contribution is 5.71. The van der Waals surface area contributed by atoms with Crippen molar-refractivity contribution in [2.24, 2.45) is 0 Å². The van der Waals surface area contributed by atoms with E-state index in [9.17, 15) is 14.4 Å². The lowest BCUT2D eigenvalue weighted by molar-refractivity contribution is -0.167. The molecule has 0 spiro atoms. The minimum Gasteiger partial charge on any atom is -0.462 e. The van der Waals surface area contributed by atoms with Gasteiger partial charge in [-0.1, -0.05) is 255 Å². The van der Waals surface area contributed by atoms with Crippen molar-refractivity contribution < 1.29 is 28.6 Å². The molecule has 0 saturated heterocycles. The molecule has 6 nitrogen and oxygen atoms in total. The summed E-state index contributed by atoms with van der Waals surface area (Å²) < 4.78 is 16.8. The minimum absolute atomic E-state index is 0.0708. The van der Waals surface area contributed by atoms with Gasteiger partial charge >= 0.3 is 17.9 Å². The van der Waals surface area contributed by atoms with Gasteiger partial charge < -0.3 is 14.2 Å². The van der Waals surface area contributed by atoms with Crippen LogP contribution in [0.4, 0.5) is 0 Å². The number of esters is 3. The number of hydrogen-bond donors (Lipinski definition) is 0. The van der Waals surface area contributed by atoms with Gasteiger partial charge in [0.05, 0.1) is 0 Å². The van der Waals surface area contributed by atoms with Crippen molar-refractivity contribution in [2.45, 2.75) is 284 Å². The number of carbonyl (C=O) groups is 3. The Morgan fingerprint density at radius 2 is 0.600 bits per heavy atom. The molecule has 0 aromatic carbocycles. The topological polar surface area (TPSA) is 78.9 Å². The van der Waals surface area contributed by atoms with Crippen molar-refractivity contribution >= 4 is 17.9 Å². The fourth-order valence-electron chi connectivity index (χ4n) is 7.88. The van der Waals surface area contributed by atoms with Crippen molar-refractivity contribution in [2.75, 3.05) is 13.2 Å². The standard InChI is InChI=1S/C59H104O6/c1-4-7-10-13-16-19-21-22-23-24-25-26-27-28-29-30-31-32-33-34-35-36-38-40-43-46-49-52-58(61)64-55-56(54-63-57(60)51-48-45-42-39-18-15-12-9-6-3)65-59(62)53-50-47-44-41-37-20-17-14-11-8-5-2/h7,10,16,19,22-23,25-26,28-29,56H,4-6,8-9,11-15,17-18,20-21,24,27,30-55H2,1-3H3/b10-7-,19-16-,23-22-,26-25-,29-28-. The van der Waals surface area contributed by atoms with E-state index in [1.807, 2.05) is 0 Å². The summed E-state index contributed by atoms with van der Waals surface area (Å²) in [5.41, 5.74) is 0. The molecule has 0 radical (unpaired) electrons. The highest BCUT2D eigenvalue weighted by Crippen LogP contribution is 2.16. The zero-order valence-corrected chi connectivity index (χ0v) is 43.0. The predicted molar refractivity (Wildman–Crippen MR) is 279 cm³/mol. The Labute approximate surface area is 402 Å². The summed E-state index contributed by atoms with van der Waals surface area (Å²) in [7, 11) is 0. The molecule has 0 aliphatic heterocycles. The van der Waals surface area contributed by atoms with Crippen LogP contribution in [-0.2, 0) is 28.6 Å². The molecule has 0 fully saturated rings.